The number of ether oxygens (including phenoxy) is 1. The summed E-state index contributed by atoms with van der Waals surface area (Å²) in [5.41, 5.74) is 1.74. The van der Waals surface area contributed by atoms with Crippen molar-refractivity contribution >= 4 is 33.4 Å². The van der Waals surface area contributed by atoms with Gasteiger partial charge in [-0.05, 0) is 68.1 Å². The van der Waals surface area contributed by atoms with Gasteiger partial charge in [0, 0.05) is 28.8 Å². The third kappa shape index (κ3) is 4.93. The van der Waals surface area contributed by atoms with Crippen molar-refractivity contribution in [2.75, 3.05) is 25.0 Å². The van der Waals surface area contributed by atoms with Gasteiger partial charge < -0.3 is 15.0 Å². The van der Waals surface area contributed by atoms with Gasteiger partial charge in [-0.25, -0.2) is 0 Å². The number of amides is 2. The zero-order valence-electron chi connectivity index (χ0n) is 16.2. The molecule has 0 radical (unpaired) electrons. The molecule has 6 heteroatoms. The highest BCUT2D eigenvalue weighted by molar-refractivity contribution is 9.10. The summed E-state index contributed by atoms with van der Waals surface area (Å²) in [6, 6.07) is 12.4. The fourth-order valence-corrected chi connectivity index (χ4v) is 3.61. The van der Waals surface area contributed by atoms with E-state index in [0.717, 1.165) is 30.4 Å². The van der Waals surface area contributed by atoms with Gasteiger partial charge in [-0.15, -0.1) is 0 Å². The standard InChI is InChI=1S/C22H25BrN2O3/c1-3-28-20-9-6-17(23)14-19(20)21(26)24-18-7-4-16(5-8-18)22(27)25-12-10-15(2)11-13-25/h4-9,14-15H,3,10-13H2,1-2H3,(H,24,26). The second-order valence-corrected chi connectivity index (χ2v) is 8.00. The van der Waals surface area contributed by atoms with Crippen molar-refractivity contribution < 1.29 is 14.3 Å². The van der Waals surface area contributed by atoms with Crippen LogP contribution >= 0.6 is 15.9 Å². The topological polar surface area (TPSA) is 58.6 Å². The summed E-state index contributed by atoms with van der Waals surface area (Å²) < 4.78 is 6.35. The molecule has 0 bridgehead atoms. The summed E-state index contributed by atoms with van der Waals surface area (Å²) in [5.74, 6) is 1.01. The molecule has 1 saturated heterocycles. The van der Waals surface area contributed by atoms with Gasteiger partial charge in [0.15, 0.2) is 0 Å². The van der Waals surface area contributed by atoms with Crippen LogP contribution in [-0.2, 0) is 0 Å². The zero-order chi connectivity index (χ0) is 20.1. The second-order valence-electron chi connectivity index (χ2n) is 7.08. The SMILES string of the molecule is CCOc1ccc(Br)cc1C(=O)Nc1ccc(C(=O)N2CCC(C)CC2)cc1. The predicted octanol–water partition coefficient (Wildman–Crippen LogP) is 4.97. The highest BCUT2D eigenvalue weighted by Gasteiger charge is 2.21. The van der Waals surface area contributed by atoms with Gasteiger partial charge >= 0.3 is 0 Å². The van der Waals surface area contributed by atoms with Crippen LogP contribution in [0.1, 0.15) is 47.4 Å². The summed E-state index contributed by atoms with van der Waals surface area (Å²) in [6.45, 7) is 6.20. The Hall–Kier alpha value is -2.34. The Morgan fingerprint density at radius 2 is 1.82 bits per heavy atom. The zero-order valence-corrected chi connectivity index (χ0v) is 17.8. The van der Waals surface area contributed by atoms with Crippen molar-refractivity contribution in [1.29, 1.82) is 0 Å². The average Bonchev–Trinajstić information content (AvgIpc) is 2.70. The summed E-state index contributed by atoms with van der Waals surface area (Å²) in [6.07, 6.45) is 2.10. The molecule has 2 amide bonds. The molecule has 1 N–H and O–H groups in total. The molecule has 0 unspecified atom stereocenters. The minimum Gasteiger partial charge on any atom is -0.493 e. The van der Waals surface area contributed by atoms with Crippen LogP contribution in [-0.4, -0.2) is 36.4 Å². The molecule has 0 saturated carbocycles. The number of carbonyl (C=O) groups is 2. The lowest BCUT2D eigenvalue weighted by atomic mass is 9.98. The van der Waals surface area contributed by atoms with E-state index in [2.05, 4.69) is 28.2 Å². The van der Waals surface area contributed by atoms with Gasteiger partial charge in [0.2, 0.25) is 0 Å². The predicted molar refractivity (Wildman–Crippen MR) is 114 cm³/mol. The van der Waals surface area contributed by atoms with Crippen LogP contribution in [0.4, 0.5) is 5.69 Å². The van der Waals surface area contributed by atoms with Crippen LogP contribution in [0.3, 0.4) is 0 Å². The number of anilines is 1. The van der Waals surface area contributed by atoms with E-state index < -0.39 is 0 Å². The van der Waals surface area contributed by atoms with Crippen LogP contribution in [0.5, 0.6) is 5.75 Å². The lowest BCUT2D eigenvalue weighted by molar-refractivity contribution is 0.0697. The number of carbonyl (C=O) groups excluding carboxylic acids is 2. The molecule has 0 spiro atoms. The number of rotatable bonds is 5. The Morgan fingerprint density at radius 3 is 2.46 bits per heavy atom. The molecule has 1 aliphatic heterocycles. The van der Waals surface area contributed by atoms with E-state index >= 15 is 0 Å². The Bertz CT molecular complexity index is 843. The number of nitrogens with one attached hydrogen (secondary N) is 1. The van der Waals surface area contributed by atoms with Gasteiger partial charge in [-0.1, -0.05) is 22.9 Å². The molecule has 2 aromatic rings. The Morgan fingerprint density at radius 1 is 1.14 bits per heavy atom. The van der Waals surface area contributed by atoms with E-state index in [1.54, 1.807) is 36.4 Å². The quantitative estimate of drug-likeness (QED) is 0.707. The van der Waals surface area contributed by atoms with Crippen molar-refractivity contribution in [3.63, 3.8) is 0 Å². The number of halogens is 1. The minimum absolute atomic E-state index is 0.0513. The molecule has 0 atom stereocenters. The third-order valence-corrected chi connectivity index (χ3v) is 5.44. The molecular formula is C22H25BrN2O3. The Balaban J connectivity index is 1.68. The van der Waals surface area contributed by atoms with Crippen LogP contribution in [0.15, 0.2) is 46.9 Å². The maximum atomic E-state index is 12.7. The van der Waals surface area contributed by atoms with Crippen LogP contribution < -0.4 is 10.1 Å². The van der Waals surface area contributed by atoms with Crippen molar-refractivity contribution in [2.45, 2.75) is 26.7 Å². The number of piperidine rings is 1. The molecule has 3 rings (SSSR count). The molecule has 5 nitrogen and oxygen atoms in total. The van der Waals surface area contributed by atoms with E-state index in [1.807, 2.05) is 17.9 Å². The smallest absolute Gasteiger partial charge is 0.259 e. The maximum absolute atomic E-state index is 12.7. The fraction of sp³-hybridized carbons (Fsp3) is 0.364. The highest BCUT2D eigenvalue weighted by atomic mass is 79.9. The van der Waals surface area contributed by atoms with Crippen LogP contribution in [0.2, 0.25) is 0 Å². The van der Waals surface area contributed by atoms with E-state index in [4.69, 9.17) is 4.74 Å². The van der Waals surface area contributed by atoms with Crippen LogP contribution in [0, 0.1) is 5.92 Å². The molecule has 148 valence electrons. The van der Waals surface area contributed by atoms with Gasteiger partial charge in [0.1, 0.15) is 5.75 Å². The van der Waals surface area contributed by atoms with Crippen molar-refractivity contribution in [3.8, 4) is 5.75 Å². The first-order valence-electron chi connectivity index (χ1n) is 9.61. The van der Waals surface area contributed by atoms with Gasteiger partial charge in [-0.2, -0.15) is 0 Å². The molecule has 1 aliphatic rings. The first-order valence-corrected chi connectivity index (χ1v) is 10.4. The largest absolute Gasteiger partial charge is 0.493 e. The number of likely N-dealkylation sites (tertiary alicyclic amines) is 1. The second kappa shape index (κ2) is 9.24. The first kappa shape index (κ1) is 20.4. The van der Waals surface area contributed by atoms with E-state index in [0.29, 0.717) is 35.1 Å². The Kier molecular flexibility index (Phi) is 6.73. The Labute approximate surface area is 174 Å². The molecule has 0 aromatic heterocycles. The van der Waals surface area contributed by atoms with Crippen molar-refractivity contribution in [1.82, 2.24) is 4.90 Å². The molecule has 2 aromatic carbocycles. The van der Waals surface area contributed by atoms with Gasteiger partial charge in [0.25, 0.3) is 11.8 Å². The van der Waals surface area contributed by atoms with E-state index in [9.17, 15) is 9.59 Å². The third-order valence-electron chi connectivity index (χ3n) is 4.95. The summed E-state index contributed by atoms with van der Waals surface area (Å²) >= 11 is 3.39. The van der Waals surface area contributed by atoms with Crippen molar-refractivity contribution in [3.05, 3.63) is 58.1 Å². The number of benzene rings is 2. The molecule has 28 heavy (non-hydrogen) atoms. The monoisotopic (exact) mass is 444 g/mol. The lowest BCUT2D eigenvalue weighted by Gasteiger charge is -2.30. The highest BCUT2D eigenvalue weighted by Crippen LogP contribution is 2.25. The van der Waals surface area contributed by atoms with Gasteiger partial charge in [-0.3, -0.25) is 9.59 Å². The lowest BCUT2D eigenvalue weighted by Crippen LogP contribution is -2.37. The molecule has 1 fully saturated rings. The molecule has 0 aliphatic carbocycles. The first-order chi connectivity index (χ1) is 13.5. The van der Waals surface area contributed by atoms with Crippen LogP contribution in [0.25, 0.3) is 0 Å². The molecular weight excluding hydrogens is 420 g/mol. The maximum Gasteiger partial charge on any atom is 0.259 e. The molecule has 1 heterocycles. The number of hydrogen-bond donors (Lipinski definition) is 1. The van der Waals surface area contributed by atoms with Gasteiger partial charge in [0.05, 0.1) is 12.2 Å². The van der Waals surface area contributed by atoms with E-state index in [-0.39, 0.29) is 11.8 Å². The van der Waals surface area contributed by atoms with Crippen molar-refractivity contribution in [2.24, 2.45) is 5.92 Å². The average molecular weight is 445 g/mol. The summed E-state index contributed by atoms with van der Waals surface area (Å²) in [7, 11) is 0. The van der Waals surface area contributed by atoms with E-state index in [1.165, 1.54) is 0 Å². The number of nitrogens with zero attached hydrogens (tertiary/aromatic N) is 1. The number of hydrogen-bond acceptors (Lipinski definition) is 3. The fourth-order valence-electron chi connectivity index (χ4n) is 3.25. The summed E-state index contributed by atoms with van der Waals surface area (Å²) in [5, 5.41) is 2.87. The summed E-state index contributed by atoms with van der Waals surface area (Å²) in [4.78, 5) is 27.2. The normalized spacial score (nSPS) is 14.6. The minimum atomic E-state index is -0.256.